The zero-order valence-corrected chi connectivity index (χ0v) is 11.0. The van der Waals surface area contributed by atoms with Gasteiger partial charge in [-0.1, -0.05) is 17.8 Å². The standard InChI is InChI=1S/C12H10F2N2O3S/c13-8-3-1-2-7(10(8)14)11(18)15-4-5-16-9(17)6-20-12(16)19/h1-3H,4-6H2,(H,15,18). The summed E-state index contributed by atoms with van der Waals surface area (Å²) in [4.78, 5) is 35.2. The van der Waals surface area contributed by atoms with Crippen LogP contribution in [0.3, 0.4) is 0 Å². The van der Waals surface area contributed by atoms with E-state index in [1.807, 2.05) is 0 Å². The molecule has 1 fully saturated rings. The number of hydrogen-bond donors (Lipinski definition) is 1. The molecule has 1 heterocycles. The van der Waals surface area contributed by atoms with Gasteiger partial charge in [0.1, 0.15) is 0 Å². The summed E-state index contributed by atoms with van der Waals surface area (Å²) in [6, 6.07) is 3.28. The predicted molar refractivity (Wildman–Crippen MR) is 68.3 cm³/mol. The number of amides is 3. The minimum atomic E-state index is -1.23. The van der Waals surface area contributed by atoms with Crippen molar-refractivity contribution in [3.8, 4) is 0 Å². The van der Waals surface area contributed by atoms with E-state index in [2.05, 4.69) is 5.32 Å². The minimum absolute atomic E-state index is 0.00728. The van der Waals surface area contributed by atoms with Gasteiger partial charge in [-0.05, 0) is 12.1 Å². The molecule has 1 aromatic carbocycles. The lowest BCUT2D eigenvalue weighted by Crippen LogP contribution is -2.37. The SMILES string of the molecule is O=C(NCCN1C(=O)CSC1=O)c1cccc(F)c1F. The molecule has 0 radical (unpaired) electrons. The summed E-state index contributed by atoms with van der Waals surface area (Å²) < 4.78 is 26.3. The molecule has 0 saturated carbocycles. The minimum Gasteiger partial charge on any atom is -0.350 e. The lowest BCUT2D eigenvalue weighted by Gasteiger charge is -2.13. The number of carbonyl (C=O) groups excluding carboxylic acids is 3. The monoisotopic (exact) mass is 300 g/mol. The molecule has 5 nitrogen and oxygen atoms in total. The number of rotatable bonds is 4. The van der Waals surface area contributed by atoms with Crippen molar-refractivity contribution >= 4 is 28.8 Å². The largest absolute Gasteiger partial charge is 0.350 e. The number of nitrogens with zero attached hydrogens (tertiary/aromatic N) is 1. The first-order valence-electron chi connectivity index (χ1n) is 5.70. The maximum absolute atomic E-state index is 13.3. The number of benzene rings is 1. The van der Waals surface area contributed by atoms with Crippen molar-refractivity contribution in [3.05, 3.63) is 35.4 Å². The summed E-state index contributed by atoms with van der Waals surface area (Å²) in [6.07, 6.45) is 0. The third-order valence-electron chi connectivity index (χ3n) is 2.66. The van der Waals surface area contributed by atoms with Gasteiger partial charge in [0, 0.05) is 13.1 Å². The van der Waals surface area contributed by atoms with Crippen LogP contribution in [0.25, 0.3) is 0 Å². The van der Waals surface area contributed by atoms with Crippen molar-refractivity contribution in [1.29, 1.82) is 0 Å². The zero-order chi connectivity index (χ0) is 14.7. The van der Waals surface area contributed by atoms with Crippen molar-refractivity contribution in [2.24, 2.45) is 0 Å². The molecule has 0 bridgehead atoms. The van der Waals surface area contributed by atoms with Gasteiger partial charge in [-0.3, -0.25) is 19.3 Å². The Morgan fingerprint density at radius 1 is 1.35 bits per heavy atom. The summed E-state index contributed by atoms with van der Waals surface area (Å²) in [6.45, 7) is -0.0137. The molecule has 20 heavy (non-hydrogen) atoms. The lowest BCUT2D eigenvalue weighted by molar-refractivity contribution is -0.124. The highest BCUT2D eigenvalue weighted by molar-refractivity contribution is 8.14. The van der Waals surface area contributed by atoms with E-state index in [-0.39, 0.29) is 30.0 Å². The van der Waals surface area contributed by atoms with Crippen LogP contribution in [0.1, 0.15) is 10.4 Å². The van der Waals surface area contributed by atoms with Crippen molar-refractivity contribution in [3.63, 3.8) is 0 Å². The highest BCUT2D eigenvalue weighted by Crippen LogP contribution is 2.17. The number of nitrogens with one attached hydrogen (secondary N) is 1. The molecule has 1 aliphatic heterocycles. The van der Waals surface area contributed by atoms with Crippen LogP contribution in [0.5, 0.6) is 0 Å². The van der Waals surface area contributed by atoms with Gasteiger partial charge in [-0.2, -0.15) is 0 Å². The molecule has 0 atom stereocenters. The van der Waals surface area contributed by atoms with Gasteiger partial charge in [0.2, 0.25) is 5.91 Å². The van der Waals surface area contributed by atoms with Crippen LogP contribution in [-0.2, 0) is 4.79 Å². The molecule has 0 aliphatic carbocycles. The molecular weight excluding hydrogens is 290 g/mol. The fraction of sp³-hybridized carbons (Fsp3) is 0.250. The van der Waals surface area contributed by atoms with Gasteiger partial charge in [0.05, 0.1) is 11.3 Å². The van der Waals surface area contributed by atoms with Crippen molar-refractivity contribution in [2.75, 3.05) is 18.8 Å². The Morgan fingerprint density at radius 2 is 2.10 bits per heavy atom. The van der Waals surface area contributed by atoms with Gasteiger partial charge in [-0.25, -0.2) is 8.78 Å². The highest BCUT2D eigenvalue weighted by atomic mass is 32.2. The molecule has 3 amide bonds. The molecule has 1 aromatic rings. The van der Waals surface area contributed by atoms with E-state index in [4.69, 9.17) is 0 Å². The smallest absolute Gasteiger partial charge is 0.288 e. The Labute approximate surface area is 117 Å². The fourth-order valence-corrected chi connectivity index (χ4v) is 2.40. The van der Waals surface area contributed by atoms with E-state index in [0.717, 1.165) is 28.8 Å². The summed E-state index contributed by atoms with van der Waals surface area (Å²) in [7, 11) is 0. The Bertz CT molecular complexity index is 564. The second-order valence-electron chi connectivity index (χ2n) is 3.96. The van der Waals surface area contributed by atoms with Gasteiger partial charge in [-0.15, -0.1) is 0 Å². The van der Waals surface area contributed by atoms with E-state index in [0.29, 0.717) is 0 Å². The zero-order valence-electron chi connectivity index (χ0n) is 10.2. The molecule has 1 saturated heterocycles. The van der Waals surface area contributed by atoms with Crippen LogP contribution in [0, 0.1) is 11.6 Å². The predicted octanol–water partition coefficient (Wildman–Crippen LogP) is 1.39. The molecule has 1 aliphatic rings. The fourth-order valence-electron chi connectivity index (χ4n) is 1.65. The summed E-state index contributed by atoms with van der Waals surface area (Å²) in [5.74, 6) is -3.38. The second kappa shape index (κ2) is 6.00. The molecule has 0 spiro atoms. The maximum atomic E-state index is 13.3. The van der Waals surface area contributed by atoms with Crippen LogP contribution in [0.4, 0.5) is 13.6 Å². The van der Waals surface area contributed by atoms with E-state index < -0.39 is 23.1 Å². The number of imide groups is 1. The van der Waals surface area contributed by atoms with Crippen LogP contribution in [0.15, 0.2) is 18.2 Å². The first-order valence-corrected chi connectivity index (χ1v) is 6.68. The van der Waals surface area contributed by atoms with Gasteiger partial charge < -0.3 is 5.32 Å². The lowest BCUT2D eigenvalue weighted by atomic mass is 10.2. The topological polar surface area (TPSA) is 66.5 Å². The van der Waals surface area contributed by atoms with E-state index in [1.54, 1.807) is 0 Å². The summed E-state index contributed by atoms with van der Waals surface area (Å²) >= 11 is 0.888. The molecule has 0 aromatic heterocycles. The quantitative estimate of drug-likeness (QED) is 0.912. The summed E-state index contributed by atoms with van der Waals surface area (Å²) in [5.41, 5.74) is -0.418. The van der Waals surface area contributed by atoms with Crippen molar-refractivity contribution in [2.45, 2.75) is 0 Å². The molecule has 106 valence electrons. The van der Waals surface area contributed by atoms with Crippen molar-refractivity contribution in [1.82, 2.24) is 10.2 Å². The Morgan fingerprint density at radius 3 is 2.75 bits per heavy atom. The van der Waals surface area contributed by atoms with E-state index >= 15 is 0 Å². The van der Waals surface area contributed by atoms with E-state index in [9.17, 15) is 23.2 Å². The Kier molecular flexibility index (Phi) is 4.33. The number of hydrogen-bond acceptors (Lipinski definition) is 4. The molecule has 0 unspecified atom stereocenters. The average Bonchev–Trinajstić information content (AvgIpc) is 2.73. The Hall–Kier alpha value is -1.96. The van der Waals surface area contributed by atoms with Gasteiger partial charge >= 0.3 is 0 Å². The maximum Gasteiger partial charge on any atom is 0.288 e. The van der Waals surface area contributed by atoms with Crippen LogP contribution < -0.4 is 5.32 Å². The Balaban J connectivity index is 1.91. The van der Waals surface area contributed by atoms with E-state index in [1.165, 1.54) is 6.07 Å². The van der Waals surface area contributed by atoms with Gasteiger partial charge in [0.25, 0.3) is 11.1 Å². The van der Waals surface area contributed by atoms with Crippen molar-refractivity contribution < 1.29 is 23.2 Å². The first kappa shape index (κ1) is 14.4. The van der Waals surface area contributed by atoms with Crippen LogP contribution in [0.2, 0.25) is 0 Å². The molecule has 8 heteroatoms. The number of carbonyl (C=O) groups is 3. The first-order chi connectivity index (χ1) is 9.50. The molecular formula is C12H10F2N2O3S. The third-order valence-corrected chi connectivity index (χ3v) is 3.52. The second-order valence-corrected chi connectivity index (χ2v) is 4.88. The molecule has 2 rings (SSSR count). The third kappa shape index (κ3) is 2.96. The number of thioether (sulfide) groups is 1. The highest BCUT2D eigenvalue weighted by Gasteiger charge is 2.29. The summed E-state index contributed by atoms with van der Waals surface area (Å²) in [5, 5.41) is 1.96. The average molecular weight is 300 g/mol. The molecule has 1 N–H and O–H groups in total. The normalized spacial score (nSPS) is 14.8. The number of halogens is 2. The van der Waals surface area contributed by atoms with Crippen LogP contribution in [-0.4, -0.2) is 40.8 Å². The van der Waals surface area contributed by atoms with Gasteiger partial charge in [0.15, 0.2) is 11.6 Å². The van der Waals surface area contributed by atoms with Crippen LogP contribution >= 0.6 is 11.8 Å².